The van der Waals surface area contributed by atoms with Crippen molar-refractivity contribution >= 4 is 23.0 Å². The lowest BCUT2D eigenvalue weighted by molar-refractivity contribution is 0.102. The molecule has 0 radical (unpaired) electrons. The van der Waals surface area contributed by atoms with Crippen molar-refractivity contribution in [2.45, 2.75) is 26.7 Å². The summed E-state index contributed by atoms with van der Waals surface area (Å²) in [5.74, 6) is -0.235. The Labute approximate surface area is 141 Å². The first-order valence-corrected chi connectivity index (χ1v) is 7.64. The van der Waals surface area contributed by atoms with Crippen LogP contribution in [0.3, 0.4) is 0 Å². The third-order valence-electron chi connectivity index (χ3n) is 3.76. The maximum atomic E-state index is 12.7. The standard InChI is InChI=1S/C19H20N4O/c1-11(2)18-13(10-20)5-4-6-15(18)19(24)23-14-7-8-17(22)16(9-14)12(3)21/h4-9,11,21H,22H2,1-3H3,(H,23,24). The van der Waals surface area contributed by atoms with Crippen molar-refractivity contribution < 1.29 is 4.79 Å². The number of carbonyl (C=O) groups excluding carboxylic acids is 1. The summed E-state index contributed by atoms with van der Waals surface area (Å²) in [4.78, 5) is 12.7. The van der Waals surface area contributed by atoms with Crippen LogP contribution in [0.4, 0.5) is 11.4 Å². The SMILES string of the molecule is CC(=N)c1cc(NC(=O)c2cccc(C#N)c2C(C)C)ccc1N. The van der Waals surface area contributed by atoms with Gasteiger partial charge in [-0.2, -0.15) is 5.26 Å². The number of nitrogen functional groups attached to an aromatic ring is 1. The van der Waals surface area contributed by atoms with Gasteiger partial charge in [0.2, 0.25) is 0 Å². The van der Waals surface area contributed by atoms with Crippen LogP contribution in [0.1, 0.15) is 53.7 Å². The van der Waals surface area contributed by atoms with Gasteiger partial charge in [0, 0.05) is 28.2 Å². The Kier molecular flexibility index (Phi) is 5.00. The average molecular weight is 320 g/mol. The van der Waals surface area contributed by atoms with Crippen molar-refractivity contribution in [2.75, 3.05) is 11.1 Å². The van der Waals surface area contributed by atoms with Gasteiger partial charge in [0.05, 0.1) is 11.6 Å². The molecule has 122 valence electrons. The number of nitrogens with two attached hydrogens (primary N) is 1. The summed E-state index contributed by atoms with van der Waals surface area (Å²) in [6, 6.07) is 12.3. The Morgan fingerprint density at radius 2 is 1.96 bits per heavy atom. The van der Waals surface area contributed by atoms with Crippen LogP contribution in [0, 0.1) is 16.7 Å². The molecule has 0 saturated heterocycles. The zero-order chi connectivity index (χ0) is 17.9. The summed E-state index contributed by atoms with van der Waals surface area (Å²) < 4.78 is 0. The zero-order valence-corrected chi connectivity index (χ0v) is 14.0. The molecule has 0 unspecified atom stereocenters. The van der Waals surface area contributed by atoms with Gasteiger partial charge in [-0.15, -0.1) is 0 Å². The number of carbonyl (C=O) groups is 1. The molecule has 0 spiro atoms. The summed E-state index contributed by atoms with van der Waals surface area (Å²) in [6.07, 6.45) is 0. The minimum Gasteiger partial charge on any atom is -0.398 e. The van der Waals surface area contributed by atoms with E-state index in [-0.39, 0.29) is 11.8 Å². The molecule has 2 aromatic carbocycles. The highest BCUT2D eigenvalue weighted by atomic mass is 16.1. The molecule has 0 bridgehead atoms. The first-order valence-electron chi connectivity index (χ1n) is 7.64. The zero-order valence-electron chi connectivity index (χ0n) is 14.0. The van der Waals surface area contributed by atoms with Crippen LogP contribution in [0.25, 0.3) is 0 Å². The number of hydrogen-bond donors (Lipinski definition) is 3. The van der Waals surface area contributed by atoms with Gasteiger partial charge in [-0.05, 0) is 48.7 Å². The molecule has 2 rings (SSSR count). The van der Waals surface area contributed by atoms with Gasteiger partial charge in [0.1, 0.15) is 0 Å². The topological polar surface area (TPSA) is 103 Å². The Morgan fingerprint density at radius 3 is 2.54 bits per heavy atom. The summed E-state index contributed by atoms with van der Waals surface area (Å²) in [5.41, 5.74) is 9.54. The van der Waals surface area contributed by atoms with Gasteiger partial charge in [-0.1, -0.05) is 19.9 Å². The summed E-state index contributed by atoms with van der Waals surface area (Å²) in [7, 11) is 0. The van der Waals surface area contributed by atoms with E-state index in [0.29, 0.717) is 33.8 Å². The molecule has 0 aliphatic heterocycles. The number of benzene rings is 2. The lowest BCUT2D eigenvalue weighted by Gasteiger charge is -2.15. The summed E-state index contributed by atoms with van der Waals surface area (Å²) in [6.45, 7) is 5.55. The number of nitrogens with one attached hydrogen (secondary N) is 2. The van der Waals surface area contributed by atoms with E-state index < -0.39 is 0 Å². The molecule has 1 amide bonds. The molecule has 0 heterocycles. The maximum absolute atomic E-state index is 12.7. The minimum absolute atomic E-state index is 0.0485. The predicted molar refractivity (Wildman–Crippen MR) is 96.6 cm³/mol. The smallest absolute Gasteiger partial charge is 0.255 e. The van der Waals surface area contributed by atoms with E-state index in [0.717, 1.165) is 5.56 Å². The van der Waals surface area contributed by atoms with Crippen molar-refractivity contribution in [3.63, 3.8) is 0 Å². The molecule has 0 fully saturated rings. The van der Waals surface area contributed by atoms with E-state index in [9.17, 15) is 10.1 Å². The molecule has 0 aromatic heterocycles. The predicted octanol–water partition coefficient (Wildman–Crippen LogP) is 3.90. The Morgan fingerprint density at radius 1 is 1.25 bits per heavy atom. The van der Waals surface area contributed by atoms with Crippen LogP contribution >= 0.6 is 0 Å². The lowest BCUT2D eigenvalue weighted by Crippen LogP contribution is -2.16. The molecule has 2 aromatic rings. The monoisotopic (exact) mass is 320 g/mol. The van der Waals surface area contributed by atoms with E-state index >= 15 is 0 Å². The van der Waals surface area contributed by atoms with Crippen molar-refractivity contribution in [3.8, 4) is 6.07 Å². The van der Waals surface area contributed by atoms with Gasteiger partial charge < -0.3 is 16.5 Å². The highest BCUT2D eigenvalue weighted by Crippen LogP contribution is 2.25. The number of nitriles is 1. The molecule has 0 aliphatic rings. The normalized spacial score (nSPS) is 10.3. The van der Waals surface area contributed by atoms with E-state index in [1.807, 2.05) is 13.8 Å². The second-order valence-electron chi connectivity index (χ2n) is 5.91. The van der Waals surface area contributed by atoms with Crippen LogP contribution in [0.2, 0.25) is 0 Å². The van der Waals surface area contributed by atoms with E-state index in [1.54, 1.807) is 43.3 Å². The van der Waals surface area contributed by atoms with E-state index in [2.05, 4.69) is 11.4 Å². The van der Waals surface area contributed by atoms with Gasteiger partial charge >= 0.3 is 0 Å². The fourth-order valence-corrected chi connectivity index (χ4v) is 2.64. The Hall–Kier alpha value is -3.13. The summed E-state index contributed by atoms with van der Waals surface area (Å²) >= 11 is 0. The first kappa shape index (κ1) is 17.2. The van der Waals surface area contributed by atoms with E-state index in [1.165, 1.54) is 0 Å². The van der Waals surface area contributed by atoms with Gasteiger partial charge in [-0.25, -0.2) is 0 Å². The first-order chi connectivity index (χ1) is 11.3. The molecule has 0 aliphatic carbocycles. The third-order valence-corrected chi connectivity index (χ3v) is 3.76. The van der Waals surface area contributed by atoms with Gasteiger partial charge in [0.25, 0.3) is 5.91 Å². The molecule has 24 heavy (non-hydrogen) atoms. The number of anilines is 2. The Bertz CT molecular complexity index is 847. The van der Waals surface area contributed by atoms with Gasteiger partial charge in [-0.3, -0.25) is 4.79 Å². The highest BCUT2D eigenvalue weighted by Gasteiger charge is 2.18. The second-order valence-corrected chi connectivity index (χ2v) is 5.91. The van der Waals surface area contributed by atoms with Crippen LogP contribution < -0.4 is 11.1 Å². The second kappa shape index (κ2) is 6.97. The van der Waals surface area contributed by atoms with Crippen LogP contribution in [-0.4, -0.2) is 11.6 Å². The molecule has 4 N–H and O–H groups in total. The maximum Gasteiger partial charge on any atom is 0.255 e. The van der Waals surface area contributed by atoms with Gasteiger partial charge in [0.15, 0.2) is 0 Å². The van der Waals surface area contributed by atoms with Crippen molar-refractivity contribution in [1.82, 2.24) is 0 Å². The quantitative estimate of drug-likeness (QED) is 0.588. The lowest BCUT2D eigenvalue weighted by atomic mass is 9.92. The van der Waals surface area contributed by atoms with Crippen molar-refractivity contribution in [1.29, 1.82) is 10.7 Å². The fourth-order valence-electron chi connectivity index (χ4n) is 2.64. The molecule has 5 heteroatoms. The molecule has 0 saturated carbocycles. The van der Waals surface area contributed by atoms with E-state index in [4.69, 9.17) is 11.1 Å². The van der Waals surface area contributed by atoms with Crippen LogP contribution in [0.15, 0.2) is 36.4 Å². The highest BCUT2D eigenvalue weighted by molar-refractivity contribution is 6.07. The van der Waals surface area contributed by atoms with Crippen LogP contribution in [0.5, 0.6) is 0 Å². The van der Waals surface area contributed by atoms with Crippen LogP contribution in [-0.2, 0) is 0 Å². The molecule has 0 atom stereocenters. The number of hydrogen-bond acceptors (Lipinski definition) is 4. The summed E-state index contributed by atoms with van der Waals surface area (Å²) in [5, 5.41) is 19.8. The third kappa shape index (κ3) is 3.44. The number of amides is 1. The fraction of sp³-hybridized carbons (Fsp3) is 0.211. The molecular formula is C19H20N4O. The van der Waals surface area contributed by atoms with Crippen molar-refractivity contribution in [3.05, 3.63) is 58.7 Å². The number of nitrogens with zero attached hydrogens (tertiary/aromatic N) is 1. The minimum atomic E-state index is -0.283. The largest absolute Gasteiger partial charge is 0.398 e. The molecule has 5 nitrogen and oxygen atoms in total. The average Bonchev–Trinajstić information content (AvgIpc) is 2.55. The molecular weight excluding hydrogens is 300 g/mol. The van der Waals surface area contributed by atoms with Crippen molar-refractivity contribution in [2.24, 2.45) is 0 Å². The number of rotatable bonds is 4. The Balaban J connectivity index is 2.40.